The number of ether oxygens (including phenoxy) is 1. The zero-order valence-corrected chi connectivity index (χ0v) is 19.1. The number of nitrogens with zero attached hydrogens (tertiary/aromatic N) is 2. The van der Waals surface area contributed by atoms with Gasteiger partial charge < -0.3 is 4.74 Å². The summed E-state index contributed by atoms with van der Waals surface area (Å²) >= 11 is 0. The van der Waals surface area contributed by atoms with Gasteiger partial charge in [-0.3, -0.25) is 0 Å². The number of hydrogen-bond donors (Lipinski definition) is 0. The highest BCUT2D eigenvalue weighted by atomic mass is 16.5. The number of benzene rings is 2. The zero-order valence-electron chi connectivity index (χ0n) is 19.1. The van der Waals surface area contributed by atoms with Gasteiger partial charge >= 0.3 is 0 Å². The monoisotopic (exact) mass is 416 g/mol. The van der Waals surface area contributed by atoms with Crippen LogP contribution < -0.4 is 4.74 Å². The third-order valence-corrected chi connectivity index (χ3v) is 5.63. The zero-order chi connectivity index (χ0) is 21.7. The number of hydrogen-bond acceptors (Lipinski definition) is 3. The summed E-state index contributed by atoms with van der Waals surface area (Å²) in [5.41, 5.74) is 4.84. The predicted octanol–water partition coefficient (Wildman–Crippen LogP) is 7.58. The van der Waals surface area contributed by atoms with E-state index in [4.69, 9.17) is 4.74 Å². The lowest BCUT2D eigenvalue weighted by atomic mass is 10.0. The quantitative estimate of drug-likeness (QED) is 0.269. The van der Waals surface area contributed by atoms with Crippen molar-refractivity contribution in [2.75, 3.05) is 0 Å². The Morgan fingerprint density at radius 1 is 0.613 bits per heavy atom. The van der Waals surface area contributed by atoms with E-state index in [0.717, 1.165) is 23.6 Å². The average molecular weight is 417 g/mol. The summed E-state index contributed by atoms with van der Waals surface area (Å²) < 4.78 is 5.97. The molecule has 31 heavy (non-hydrogen) atoms. The average Bonchev–Trinajstić information content (AvgIpc) is 2.82. The van der Waals surface area contributed by atoms with Crippen LogP contribution in [-0.4, -0.2) is 9.97 Å². The number of aromatic nitrogens is 2. The molecule has 0 spiro atoms. The van der Waals surface area contributed by atoms with Crippen LogP contribution in [-0.2, 0) is 19.4 Å². The summed E-state index contributed by atoms with van der Waals surface area (Å²) in [4.78, 5) is 9.08. The van der Waals surface area contributed by atoms with E-state index in [1.165, 1.54) is 68.1 Å². The molecule has 3 aromatic rings. The molecule has 0 radical (unpaired) electrons. The maximum absolute atomic E-state index is 5.97. The van der Waals surface area contributed by atoms with Crippen molar-refractivity contribution in [2.45, 2.75) is 78.2 Å². The van der Waals surface area contributed by atoms with Crippen LogP contribution in [0.4, 0.5) is 0 Å². The summed E-state index contributed by atoms with van der Waals surface area (Å²) in [6.45, 7) is 5.06. The molecule has 0 saturated heterocycles. The molecule has 3 nitrogen and oxygen atoms in total. The Bertz CT molecular complexity index is 870. The van der Waals surface area contributed by atoms with E-state index in [1.807, 2.05) is 36.7 Å². The lowest BCUT2D eigenvalue weighted by Crippen LogP contribution is -1.96. The molecule has 0 aliphatic rings. The highest BCUT2D eigenvalue weighted by Gasteiger charge is 2.03. The van der Waals surface area contributed by atoms with Crippen molar-refractivity contribution < 1.29 is 4.74 Å². The van der Waals surface area contributed by atoms with Gasteiger partial charge in [-0.1, -0.05) is 70.2 Å². The highest BCUT2D eigenvalue weighted by molar-refractivity contribution is 5.55. The Labute approximate surface area is 187 Å². The number of rotatable bonds is 13. The molecule has 3 rings (SSSR count). The topological polar surface area (TPSA) is 35.0 Å². The van der Waals surface area contributed by atoms with E-state index in [0.29, 0.717) is 6.61 Å². The molecule has 0 fully saturated rings. The van der Waals surface area contributed by atoms with Gasteiger partial charge in [-0.2, -0.15) is 0 Å². The molecular formula is C28H36N2O. The largest absolute Gasteiger partial charge is 0.489 e. The Balaban J connectivity index is 1.47. The van der Waals surface area contributed by atoms with Gasteiger partial charge in [0.25, 0.3) is 0 Å². The third kappa shape index (κ3) is 7.82. The first-order chi connectivity index (χ1) is 15.3. The van der Waals surface area contributed by atoms with Crippen molar-refractivity contribution in [3.8, 4) is 17.1 Å². The lowest BCUT2D eigenvalue weighted by molar-refractivity contribution is 0.306. The van der Waals surface area contributed by atoms with Gasteiger partial charge in [-0.05, 0) is 66.6 Å². The van der Waals surface area contributed by atoms with Gasteiger partial charge in [0, 0.05) is 18.0 Å². The van der Waals surface area contributed by atoms with Crippen LogP contribution in [0.2, 0.25) is 0 Å². The summed E-state index contributed by atoms with van der Waals surface area (Å²) in [6, 6.07) is 16.9. The molecule has 0 amide bonds. The van der Waals surface area contributed by atoms with E-state index in [2.05, 4.69) is 48.1 Å². The van der Waals surface area contributed by atoms with E-state index < -0.39 is 0 Å². The molecule has 0 aliphatic carbocycles. The molecule has 3 heteroatoms. The molecule has 164 valence electrons. The van der Waals surface area contributed by atoms with E-state index >= 15 is 0 Å². The van der Waals surface area contributed by atoms with E-state index in [-0.39, 0.29) is 0 Å². The van der Waals surface area contributed by atoms with E-state index in [1.54, 1.807) is 0 Å². The molecule has 0 aliphatic heterocycles. The van der Waals surface area contributed by atoms with Gasteiger partial charge in [0.15, 0.2) is 5.82 Å². The minimum atomic E-state index is 0.582. The maximum Gasteiger partial charge on any atom is 0.159 e. The van der Waals surface area contributed by atoms with Crippen LogP contribution in [0.15, 0.2) is 60.9 Å². The van der Waals surface area contributed by atoms with Gasteiger partial charge in [-0.15, -0.1) is 0 Å². The van der Waals surface area contributed by atoms with Gasteiger partial charge in [-0.25, -0.2) is 9.97 Å². The first-order valence-corrected chi connectivity index (χ1v) is 11.9. The smallest absolute Gasteiger partial charge is 0.159 e. The summed E-state index contributed by atoms with van der Waals surface area (Å²) in [5, 5.41) is 0. The van der Waals surface area contributed by atoms with Gasteiger partial charge in [0.05, 0.1) is 0 Å². The lowest BCUT2D eigenvalue weighted by Gasteiger charge is -2.08. The van der Waals surface area contributed by atoms with Gasteiger partial charge in [0.1, 0.15) is 12.4 Å². The minimum Gasteiger partial charge on any atom is -0.489 e. The second-order valence-electron chi connectivity index (χ2n) is 8.31. The molecular weight excluding hydrogens is 380 g/mol. The van der Waals surface area contributed by atoms with Crippen molar-refractivity contribution in [3.63, 3.8) is 0 Å². The number of aryl methyl sites for hydroxylation is 2. The molecule has 0 bridgehead atoms. The first kappa shape index (κ1) is 23.0. The molecule has 0 atom stereocenters. The highest BCUT2D eigenvalue weighted by Crippen LogP contribution is 2.20. The van der Waals surface area contributed by atoms with Crippen molar-refractivity contribution >= 4 is 0 Å². The summed E-state index contributed by atoms with van der Waals surface area (Å²) in [7, 11) is 0. The van der Waals surface area contributed by atoms with Crippen LogP contribution in [0.25, 0.3) is 11.4 Å². The van der Waals surface area contributed by atoms with Crippen molar-refractivity contribution in [2.24, 2.45) is 0 Å². The second kappa shape index (κ2) is 12.9. The fourth-order valence-corrected chi connectivity index (χ4v) is 3.64. The standard InChI is InChI=1S/C28H36N2O/c1-3-5-7-9-10-23-12-14-24(15-13-23)22-31-27-18-16-26(17-19-27)28-29-20-25(21-30-28)11-8-6-4-2/h12-21H,3-11,22H2,1-2H3. The maximum atomic E-state index is 5.97. The molecule has 0 saturated carbocycles. The minimum absolute atomic E-state index is 0.582. The molecule has 0 unspecified atom stereocenters. The molecule has 0 N–H and O–H groups in total. The Morgan fingerprint density at radius 3 is 1.87 bits per heavy atom. The van der Waals surface area contributed by atoms with E-state index in [9.17, 15) is 0 Å². The Morgan fingerprint density at radius 2 is 1.19 bits per heavy atom. The van der Waals surface area contributed by atoms with Crippen LogP contribution in [0.1, 0.15) is 75.5 Å². The predicted molar refractivity (Wildman–Crippen MR) is 129 cm³/mol. The fraction of sp³-hybridized carbons (Fsp3) is 0.429. The summed E-state index contributed by atoms with van der Waals surface area (Å²) in [6.07, 6.45) is 15.1. The number of unbranched alkanes of at least 4 members (excludes halogenated alkanes) is 5. The third-order valence-electron chi connectivity index (χ3n) is 5.63. The van der Waals surface area contributed by atoms with Gasteiger partial charge in [0.2, 0.25) is 0 Å². The van der Waals surface area contributed by atoms with Crippen LogP contribution in [0, 0.1) is 0 Å². The van der Waals surface area contributed by atoms with Crippen LogP contribution >= 0.6 is 0 Å². The SMILES string of the molecule is CCCCCCc1ccc(COc2ccc(-c3ncc(CCCCC)cn3)cc2)cc1. The Kier molecular flexibility index (Phi) is 9.56. The molecule has 1 heterocycles. The second-order valence-corrected chi connectivity index (χ2v) is 8.31. The molecule has 2 aromatic carbocycles. The van der Waals surface area contributed by atoms with Crippen molar-refractivity contribution in [1.82, 2.24) is 9.97 Å². The van der Waals surface area contributed by atoms with Crippen LogP contribution in [0.3, 0.4) is 0 Å². The van der Waals surface area contributed by atoms with Crippen molar-refractivity contribution in [3.05, 3.63) is 77.6 Å². The fourth-order valence-electron chi connectivity index (χ4n) is 3.64. The Hall–Kier alpha value is -2.68. The first-order valence-electron chi connectivity index (χ1n) is 11.9. The molecule has 1 aromatic heterocycles. The summed E-state index contributed by atoms with van der Waals surface area (Å²) in [5.74, 6) is 1.63. The normalized spacial score (nSPS) is 10.9. The van der Waals surface area contributed by atoms with Crippen LogP contribution in [0.5, 0.6) is 5.75 Å². The van der Waals surface area contributed by atoms with Crippen molar-refractivity contribution in [1.29, 1.82) is 0 Å².